The van der Waals surface area contributed by atoms with Gasteiger partial charge in [-0.05, 0) is 70.0 Å². The highest BCUT2D eigenvalue weighted by molar-refractivity contribution is 5.81. The summed E-state index contributed by atoms with van der Waals surface area (Å²) in [5, 5.41) is 0. The van der Waals surface area contributed by atoms with E-state index in [2.05, 4.69) is 186 Å². The van der Waals surface area contributed by atoms with Crippen LogP contribution in [0.5, 0.6) is 23.0 Å². The van der Waals surface area contributed by atoms with Gasteiger partial charge in [0, 0.05) is 28.4 Å². The molecule has 0 saturated heterocycles. The highest BCUT2D eigenvalue weighted by Crippen LogP contribution is 2.64. The zero-order valence-corrected chi connectivity index (χ0v) is 40.4. The summed E-state index contributed by atoms with van der Waals surface area (Å²) in [6.45, 7) is 24.9. The molecule has 1 aliphatic heterocycles. The van der Waals surface area contributed by atoms with E-state index in [0.29, 0.717) is 0 Å². The summed E-state index contributed by atoms with van der Waals surface area (Å²) >= 11 is 0. The number of rotatable bonds is 4. The molecule has 0 N–H and O–H groups in total. The van der Waals surface area contributed by atoms with Crippen molar-refractivity contribution < 1.29 is 9.47 Å². The molecular weight excluding hydrogens is 789 g/mol. The molecule has 2 unspecified atom stereocenters. The van der Waals surface area contributed by atoms with Crippen molar-refractivity contribution in [3.05, 3.63) is 245 Å². The van der Waals surface area contributed by atoms with E-state index in [4.69, 9.17) is 9.47 Å². The standard InChI is InChI=1S/C33H24O2.C17H18.C7H8.3C2H6/c1-2-22-12-11-19-28-31(22)34-29-21-20-27-30(32(29)35-28)25-17-9-10-18-26(25)33(27,23-13-5-3-6-14-23)24-15-7-4-8-16-24;1-4-12-9-10-14-13-7-5-6-8-15(13)17(2,3)16(14)11-12;1-7-5-3-2-4-6-7;3*1-2/h2-21,25-26H,1H2;5-11H,4H2,1-3H3;2-6H,1H3;3*1-2H3. The van der Waals surface area contributed by atoms with Crippen LogP contribution in [0.4, 0.5) is 0 Å². The molecule has 65 heavy (non-hydrogen) atoms. The highest BCUT2D eigenvalue weighted by atomic mass is 16.6. The largest absolute Gasteiger partial charge is 0.449 e. The molecule has 0 fully saturated rings. The number of aryl methyl sites for hydroxylation is 2. The molecule has 1 heterocycles. The minimum Gasteiger partial charge on any atom is -0.449 e. The van der Waals surface area contributed by atoms with Crippen LogP contribution in [0.15, 0.2) is 195 Å². The van der Waals surface area contributed by atoms with Crippen molar-refractivity contribution in [3.63, 3.8) is 0 Å². The minimum absolute atomic E-state index is 0.150. The van der Waals surface area contributed by atoms with Crippen LogP contribution in [0.1, 0.15) is 118 Å². The van der Waals surface area contributed by atoms with E-state index in [-0.39, 0.29) is 22.7 Å². The summed E-state index contributed by atoms with van der Waals surface area (Å²) < 4.78 is 13.1. The van der Waals surface area contributed by atoms with Gasteiger partial charge in [0.1, 0.15) is 0 Å². The van der Waals surface area contributed by atoms with Crippen molar-refractivity contribution >= 4 is 6.08 Å². The lowest BCUT2D eigenvalue weighted by Gasteiger charge is -2.38. The Balaban J connectivity index is 0.000000193. The summed E-state index contributed by atoms with van der Waals surface area (Å²) in [7, 11) is 0. The summed E-state index contributed by atoms with van der Waals surface area (Å²) in [4.78, 5) is 0. The maximum atomic E-state index is 6.65. The molecule has 11 rings (SSSR count). The monoisotopic (exact) mass is 857 g/mol. The molecule has 0 spiro atoms. The molecule has 0 aromatic heterocycles. The predicted octanol–water partition coefficient (Wildman–Crippen LogP) is 18.0. The highest BCUT2D eigenvalue weighted by Gasteiger charge is 2.54. The number of fused-ring (bicyclic) bond motifs is 9. The van der Waals surface area contributed by atoms with Crippen molar-refractivity contribution in [2.45, 2.75) is 92.4 Å². The first-order chi connectivity index (χ1) is 31.9. The van der Waals surface area contributed by atoms with Gasteiger partial charge in [-0.15, -0.1) is 0 Å². The molecule has 7 aromatic carbocycles. The third kappa shape index (κ3) is 9.05. The van der Waals surface area contributed by atoms with E-state index >= 15 is 0 Å². The molecule has 0 radical (unpaired) electrons. The number of hydrogen-bond acceptors (Lipinski definition) is 2. The summed E-state index contributed by atoms with van der Waals surface area (Å²) in [6, 6.07) is 58.0. The quantitative estimate of drug-likeness (QED) is 0.176. The Hall–Kier alpha value is -6.64. The Morgan fingerprint density at radius 1 is 0.538 bits per heavy atom. The molecule has 2 heteroatoms. The normalized spacial score (nSPS) is 16.0. The fraction of sp³-hybridized carbons (Fsp3) is 0.238. The van der Waals surface area contributed by atoms with E-state index in [9.17, 15) is 0 Å². The van der Waals surface area contributed by atoms with Gasteiger partial charge in [0.25, 0.3) is 0 Å². The summed E-state index contributed by atoms with van der Waals surface area (Å²) in [6.07, 6.45) is 11.9. The van der Waals surface area contributed by atoms with Crippen molar-refractivity contribution in [3.8, 4) is 34.1 Å². The number of benzene rings is 7. The predicted molar refractivity (Wildman–Crippen MR) is 279 cm³/mol. The number of hydrogen-bond donors (Lipinski definition) is 0. The van der Waals surface area contributed by atoms with E-state index in [0.717, 1.165) is 35.0 Å². The molecule has 3 aliphatic carbocycles. The van der Waals surface area contributed by atoms with Crippen LogP contribution in [-0.2, 0) is 17.3 Å². The molecule has 0 amide bonds. The van der Waals surface area contributed by atoms with E-state index < -0.39 is 0 Å². The van der Waals surface area contributed by atoms with Crippen LogP contribution in [-0.4, -0.2) is 0 Å². The first-order valence-electron chi connectivity index (χ1n) is 23.9. The third-order valence-corrected chi connectivity index (χ3v) is 12.7. The van der Waals surface area contributed by atoms with Crippen LogP contribution < -0.4 is 9.47 Å². The van der Waals surface area contributed by atoms with E-state index in [1.54, 1.807) is 6.08 Å². The van der Waals surface area contributed by atoms with Crippen LogP contribution in [0, 0.1) is 12.8 Å². The Kier molecular flexibility index (Phi) is 16.1. The van der Waals surface area contributed by atoms with Crippen molar-refractivity contribution in [1.82, 2.24) is 0 Å². The fourth-order valence-electron chi connectivity index (χ4n) is 9.79. The van der Waals surface area contributed by atoms with E-state index in [1.807, 2.05) is 77.9 Å². The third-order valence-electron chi connectivity index (χ3n) is 12.7. The van der Waals surface area contributed by atoms with Gasteiger partial charge < -0.3 is 9.47 Å². The maximum Gasteiger partial charge on any atom is 0.177 e. The van der Waals surface area contributed by atoms with Gasteiger partial charge in [-0.2, -0.15) is 0 Å². The number of allylic oxidation sites excluding steroid dienone is 4. The SMILES string of the molecule is C=Cc1cccc2c1Oc1ccc3c(c1O2)C1C=CC=CC1C3(c1ccccc1)c1ccccc1.CC.CC.CC.CCc1ccc2c(c1)C(C)(C)c1ccccc1-2.Cc1ccccc1. The zero-order valence-electron chi connectivity index (χ0n) is 40.4. The lowest BCUT2D eigenvalue weighted by atomic mass is 9.63. The Bertz CT molecular complexity index is 2660. The van der Waals surface area contributed by atoms with Crippen molar-refractivity contribution in [2.24, 2.45) is 5.92 Å². The second-order valence-electron chi connectivity index (χ2n) is 16.4. The van der Waals surface area contributed by atoms with Crippen LogP contribution in [0.25, 0.3) is 17.2 Å². The fourth-order valence-corrected chi connectivity index (χ4v) is 9.79. The Labute approximate surface area is 391 Å². The smallest absolute Gasteiger partial charge is 0.177 e. The van der Waals surface area contributed by atoms with Crippen LogP contribution >= 0.6 is 0 Å². The van der Waals surface area contributed by atoms with Gasteiger partial charge in [-0.1, -0.05) is 256 Å². The molecule has 332 valence electrons. The second-order valence-corrected chi connectivity index (χ2v) is 16.4. The summed E-state index contributed by atoms with van der Waals surface area (Å²) in [5.41, 5.74) is 14.3. The van der Waals surface area contributed by atoms with E-state index in [1.165, 1.54) is 55.6 Å². The van der Waals surface area contributed by atoms with Gasteiger partial charge in [0.05, 0.1) is 5.41 Å². The molecule has 4 aliphatic rings. The van der Waals surface area contributed by atoms with Gasteiger partial charge in [0.2, 0.25) is 0 Å². The number of ether oxygens (including phenoxy) is 2. The molecule has 0 saturated carbocycles. The molecule has 7 aromatic rings. The zero-order chi connectivity index (χ0) is 46.6. The van der Waals surface area contributed by atoms with Gasteiger partial charge >= 0.3 is 0 Å². The molecule has 2 nitrogen and oxygen atoms in total. The average molecular weight is 857 g/mol. The first-order valence-corrected chi connectivity index (χ1v) is 23.9. The molecule has 0 bridgehead atoms. The van der Waals surface area contributed by atoms with Crippen LogP contribution in [0.3, 0.4) is 0 Å². The number of para-hydroxylation sites is 1. The van der Waals surface area contributed by atoms with Crippen molar-refractivity contribution in [1.29, 1.82) is 0 Å². The molecule has 2 atom stereocenters. The van der Waals surface area contributed by atoms with Gasteiger partial charge in [-0.25, -0.2) is 0 Å². The second kappa shape index (κ2) is 21.8. The maximum absolute atomic E-state index is 6.65. The Morgan fingerprint density at radius 3 is 1.69 bits per heavy atom. The van der Waals surface area contributed by atoms with Gasteiger partial charge in [-0.3, -0.25) is 0 Å². The lowest BCUT2D eigenvalue weighted by molar-refractivity contribution is 0.354. The molecular formula is C63H68O2. The first kappa shape index (κ1) is 47.8. The van der Waals surface area contributed by atoms with Gasteiger partial charge in [0.15, 0.2) is 23.0 Å². The summed E-state index contributed by atoms with van der Waals surface area (Å²) in [5.74, 6) is 3.40. The average Bonchev–Trinajstić information content (AvgIpc) is 3.81. The van der Waals surface area contributed by atoms with Crippen LogP contribution in [0.2, 0.25) is 0 Å². The lowest BCUT2D eigenvalue weighted by Crippen LogP contribution is -2.34. The minimum atomic E-state index is -0.342. The van der Waals surface area contributed by atoms with Crippen molar-refractivity contribution in [2.75, 3.05) is 0 Å². The Morgan fingerprint density at radius 2 is 1.09 bits per heavy atom. The topological polar surface area (TPSA) is 18.5 Å².